The summed E-state index contributed by atoms with van der Waals surface area (Å²) in [6.07, 6.45) is 2.09. The summed E-state index contributed by atoms with van der Waals surface area (Å²) in [6, 6.07) is 0.977. The summed E-state index contributed by atoms with van der Waals surface area (Å²) in [5.41, 5.74) is 0. The summed E-state index contributed by atoms with van der Waals surface area (Å²) >= 11 is 0. The fourth-order valence-electron chi connectivity index (χ4n) is 1.24. The standard InChI is InChI=1S/C6H11NO/c1-5-3-6(2)7(5)4-8/h4-6H,3H2,1-2H3/t5-,6+. The van der Waals surface area contributed by atoms with Crippen molar-refractivity contribution in [2.75, 3.05) is 0 Å². The molecule has 1 amide bonds. The molecule has 0 aliphatic carbocycles. The van der Waals surface area contributed by atoms with Gasteiger partial charge in [0.25, 0.3) is 0 Å². The van der Waals surface area contributed by atoms with Gasteiger partial charge in [0, 0.05) is 12.1 Å². The molecule has 0 unspecified atom stereocenters. The normalized spacial score (nSPS) is 36.5. The summed E-state index contributed by atoms with van der Waals surface area (Å²) in [4.78, 5) is 12.0. The molecule has 8 heavy (non-hydrogen) atoms. The lowest BCUT2D eigenvalue weighted by atomic mass is 9.97. The lowest BCUT2D eigenvalue weighted by Crippen LogP contribution is -2.51. The van der Waals surface area contributed by atoms with Gasteiger partial charge in [-0.05, 0) is 20.3 Å². The maximum atomic E-state index is 10.1. The van der Waals surface area contributed by atoms with Gasteiger partial charge in [-0.2, -0.15) is 0 Å². The molecule has 0 radical (unpaired) electrons. The number of likely N-dealkylation sites (tertiary alicyclic amines) is 1. The van der Waals surface area contributed by atoms with Crippen LogP contribution in [0.25, 0.3) is 0 Å². The number of nitrogens with zero attached hydrogens (tertiary/aromatic N) is 1. The Morgan fingerprint density at radius 2 is 2.00 bits per heavy atom. The quantitative estimate of drug-likeness (QED) is 0.456. The molecular weight excluding hydrogens is 102 g/mol. The molecule has 0 aromatic carbocycles. The second-order valence-corrected chi connectivity index (χ2v) is 2.49. The summed E-state index contributed by atoms with van der Waals surface area (Å²) in [5.74, 6) is 0. The molecule has 1 heterocycles. The van der Waals surface area contributed by atoms with Crippen molar-refractivity contribution in [3.05, 3.63) is 0 Å². The van der Waals surface area contributed by atoms with Gasteiger partial charge in [0.2, 0.25) is 6.41 Å². The van der Waals surface area contributed by atoms with E-state index in [0.717, 1.165) is 6.41 Å². The second-order valence-electron chi connectivity index (χ2n) is 2.49. The van der Waals surface area contributed by atoms with E-state index in [1.807, 2.05) is 4.90 Å². The first-order valence-electron chi connectivity index (χ1n) is 2.98. The van der Waals surface area contributed by atoms with Gasteiger partial charge in [0.1, 0.15) is 0 Å². The van der Waals surface area contributed by atoms with Gasteiger partial charge in [0.05, 0.1) is 0 Å². The van der Waals surface area contributed by atoms with E-state index in [2.05, 4.69) is 13.8 Å². The number of carbonyl (C=O) groups is 1. The number of amides is 1. The molecule has 2 heteroatoms. The summed E-state index contributed by atoms with van der Waals surface area (Å²) < 4.78 is 0. The van der Waals surface area contributed by atoms with Crippen molar-refractivity contribution in [1.82, 2.24) is 4.90 Å². The van der Waals surface area contributed by atoms with Gasteiger partial charge in [-0.25, -0.2) is 0 Å². The highest BCUT2D eigenvalue weighted by Gasteiger charge is 2.29. The Kier molecular flexibility index (Phi) is 1.24. The van der Waals surface area contributed by atoms with Crippen LogP contribution in [0.2, 0.25) is 0 Å². The van der Waals surface area contributed by atoms with Crippen LogP contribution in [0.1, 0.15) is 20.3 Å². The van der Waals surface area contributed by atoms with Crippen LogP contribution in [0.15, 0.2) is 0 Å². The van der Waals surface area contributed by atoms with E-state index in [1.165, 1.54) is 6.42 Å². The van der Waals surface area contributed by atoms with E-state index in [9.17, 15) is 4.79 Å². The Morgan fingerprint density at radius 3 is 2.12 bits per heavy atom. The summed E-state index contributed by atoms with van der Waals surface area (Å²) in [5, 5.41) is 0. The molecule has 1 aliphatic rings. The number of carbonyl (C=O) groups excluding carboxylic acids is 1. The van der Waals surface area contributed by atoms with Crippen LogP contribution >= 0.6 is 0 Å². The summed E-state index contributed by atoms with van der Waals surface area (Å²) in [6.45, 7) is 4.13. The highest BCUT2D eigenvalue weighted by atomic mass is 16.1. The fourth-order valence-corrected chi connectivity index (χ4v) is 1.24. The number of rotatable bonds is 1. The van der Waals surface area contributed by atoms with E-state index in [0.29, 0.717) is 12.1 Å². The lowest BCUT2D eigenvalue weighted by molar-refractivity contribution is -0.128. The maximum absolute atomic E-state index is 10.1. The minimum Gasteiger partial charge on any atom is -0.340 e. The predicted molar refractivity (Wildman–Crippen MR) is 31.4 cm³/mol. The molecule has 1 aliphatic heterocycles. The summed E-state index contributed by atoms with van der Waals surface area (Å²) in [7, 11) is 0. The molecule has 46 valence electrons. The first-order valence-corrected chi connectivity index (χ1v) is 2.98. The highest BCUT2D eigenvalue weighted by Crippen LogP contribution is 2.21. The molecule has 0 aromatic rings. The van der Waals surface area contributed by atoms with Gasteiger partial charge < -0.3 is 4.90 Å². The van der Waals surface area contributed by atoms with Crippen molar-refractivity contribution in [2.24, 2.45) is 0 Å². The second kappa shape index (κ2) is 1.77. The highest BCUT2D eigenvalue weighted by molar-refractivity contribution is 5.50. The van der Waals surface area contributed by atoms with Crippen molar-refractivity contribution >= 4 is 6.41 Å². The van der Waals surface area contributed by atoms with Crippen LogP contribution < -0.4 is 0 Å². The molecule has 2 atom stereocenters. The van der Waals surface area contributed by atoms with Gasteiger partial charge in [-0.1, -0.05) is 0 Å². The zero-order valence-corrected chi connectivity index (χ0v) is 5.29. The smallest absolute Gasteiger partial charge is 0.210 e. The average molecular weight is 113 g/mol. The van der Waals surface area contributed by atoms with E-state index in [4.69, 9.17) is 0 Å². The van der Waals surface area contributed by atoms with Gasteiger partial charge in [-0.3, -0.25) is 4.79 Å². The Labute approximate surface area is 49.5 Å². The topological polar surface area (TPSA) is 20.3 Å². The zero-order chi connectivity index (χ0) is 6.15. The molecule has 2 nitrogen and oxygen atoms in total. The van der Waals surface area contributed by atoms with E-state index < -0.39 is 0 Å². The number of hydrogen-bond donors (Lipinski definition) is 0. The molecule has 1 saturated heterocycles. The van der Waals surface area contributed by atoms with Crippen molar-refractivity contribution in [3.8, 4) is 0 Å². The van der Waals surface area contributed by atoms with Gasteiger partial charge >= 0.3 is 0 Å². The van der Waals surface area contributed by atoms with Crippen LogP contribution in [0, 0.1) is 0 Å². The molecule has 1 fully saturated rings. The Bertz CT molecular complexity index is 94.7. The first kappa shape index (κ1) is 5.60. The molecule has 0 N–H and O–H groups in total. The van der Waals surface area contributed by atoms with Crippen LogP contribution in [0.3, 0.4) is 0 Å². The predicted octanol–water partition coefficient (Wildman–Crippen LogP) is 0.625. The van der Waals surface area contributed by atoms with Crippen LogP contribution in [0.4, 0.5) is 0 Å². The van der Waals surface area contributed by atoms with E-state index in [1.54, 1.807) is 0 Å². The molecule has 0 spiro atoms. The van der Waals surface area contributed by atoms with Crippen molar-refractivity contribution in [3.63, 3.8) is 0 Å². The minimum absolute atomic E-state index is 0.488. The monoisotopic (exact) mass is 113 g/mol. The average Bonchev–Trinajstić information content (AvgIpc) is 1.67. The molecule has 0 bridgehead atoms. The third kappa shape index (κ3) is 0.602. The SMILES string of the molecule is C[C@@H]1C[C@H](C)N1C=O. The molecule has 1 rings (SSSR count). The zero-order valence-electron chi connectivity index (χ0n) is 5.29. The third-order valence-electron chi connectivity index (χ3n) is 1.82. The number of hydrogen-bond acceptors (Lipinski definition) is 1. The Hall–Kier alpha value is -0.530. The minimum atomic E-state index is 0.488. The maximum Gasteiger partial charge on any atom is 0.210 e. The van der Waals surface area contributed by atoms with Crippen molar-refractivity contribution < 1.29 is 4.79 Å². The van der Waals surface area contributed by atoms with Gasteiger partial charge in [-0.15, -0.1) is 0 Å². The molecule has 0 saturated carbocycles. The first-order chi connectivity index (χ1) is 3.75. The Balaban J connectivity index is 2.39. The lowest BCUT2D eigenvalue weighted by Gasteiger charge is -2.42. The van der Waals surface area contributed by atoms with Crippen LogP contribution in [-0.2, 0) is 4.79 Å². The fraction of sp³-hybridized carbons (Fsp3) is 0.833. The third-order valence-corrected chi connectivity index (χ3v) is 1.82. The van der Waals surface area contributed by atoms with Crippen LogP contribution in [0.5, 0.6) is 0 Å². The van der Waals surface area contributed by atoms with Crippen molar-refractivity contribution in [2.45, 2.75) is 32.4 Å². The molecular formula is C6H11NO. The largest absolute Gasteiger partial charge is 0.340 e. The van der Waals surface area contributed by atoms with E-state index in [-0.39, 0.29) is 0 Å². The van der Waals surface area contributed by atoms with E-state index >= 15 is 0 Å². The van der Waals surface area contributed by atoms with Crippen LogP contribution in [-0.4, -0.2) is 23.4 Å². The molecule has 0 aromatic heterocycles. The van der Waals surface area contributed by atoms with Crippen molar-refractivity contribution in [1.29, 1.82) is 0 Å². The van der Waals surface area contributed by atoms with Gasteiger partial charge in [0.15, 0.2) is 0 Å². The Morgan fingerprint density at radius 1 is 1.50 bits per heavy atom.